The van der Waals surface area contributed by atoms with Crippen LogP contribution in [0.15, 0.2) is 138 Å². The molecule has 0 spiro atoms. The first-order valence-electron chi connectivity index (χ1n) is 31.4. The van der Waals surface area contributed by atoms with Gasteiger partial charge in [-0.2, -0.15) is 0 Å². The van der Waals surface area contributed by atoms with Crippen LogP contribution in [-0.4, -0.2) is 6.71 Å². The molecule has 5 heteroatoms. The van der Waals surface area contributed by atoms with Crippen LogP contribution in [0.3, 0.4) is 0 Å². The largest absolute Gasteiger partial charge is 0.454 e. The molecule has 2 aliphatic heterocycles. The summed E-state index contributed by atoms with van der Waals surface area (Å²) in [5.41, 5.74) is 30.0. The van der Waals surface area contributed by atoms with Crippen LogP contribution in [0.4, 0.5) is 34.1 Å². The molecule has 0 unspecified atom stereocenters. The molecule has 0 amide bonds. The van der Waals surface area contributed by atoms with E-state index in [2.05, 4.69) is 272 Å². The van der Waals surface area contributed by atoms with Crippen molar-refractivity contribution in [3.05, 3.63) is 206 Å². The number of benzene rings is 8. The second-order valence-corrected chi connectivity index (χ2v) is 32.5. The van der Waals surface area contributed by atoms with Crippen LogP contribution in [0.1, 0.15) is 209 Å². The summed E-state index contributed by atoms with van der Waals surface area (Å²) >= 11 is 2.11. The minimum atomic E-state index is -0.338. The molecule has 422 valence electrons. The maximum atomic E-state index is 7.16. The second-order valence-electron chi connectivity index (χ2n) is 31.5. The topological polar surface area (TPSA) is 19.6 Å². The van der Waals surface area contributed by atoms with Gasteiger partial charge in [-0.1, -0.05) is 202 Å². The van der Waals surface area contributed by atoms with Gasteiger partial charge in [0.1, 0.15) is 5.58 Å². The van der Waals surface area contributed by atoms with Gasteiger partial charge in [-0.25, -0.2) is 0 Å². The van der Waals surface area contributed by atoms with Crippen LogP contribution in [0, 0.1) is 6.92 Å². The van der Waals surface area contributed by atoms with E-state index >= 15 is 0 Å². The van der Waals surface area contributed by atoms with E-state index in [9.17, 15) is 0 Å². The maximum Gasteiger partial charge on any atom is 0.264 e. The number of para-hydroxylation sites is 2. The van der Waals surface area contributed by atoms with Gasteiger partial charge in [0.25, 0.3) is 6.71 Å². The number of furan rings is 1. The molecule has 0 bridgehead atoms. The highest BCUT2D eigenvalue weighted by atomic mass is 32.1. The lowest BCUT2D eigenvalue weighted by Crippen LogP contribution is -2.61. The predicted octanol–water partition coefficient (Wildman–Crippen LogP) is 19.8. The van der Waals surface area contributed by atoms with Crippen LogP contribution in [-0.2, 0) is 43.3 Å². The van der Waals surface area contributed by atoms with Crippen molar-refractivity contribution in [1.82, 2.24) is 0 Å². The summed E-state index contributed by atoms with van der Waals surface area (Å²) in [4.78, 5) is 5.40. The smallest absolute Gasteiger partial charge is 0.264 e. The average Bonchev–Trinajstić information content (AvgIpc) is 1.11. The summed E-state index contributed by atoms with van der Waals surface area (Å²) in [5, 5.41) is 3.67. The van der Waals surface area contributed by atoms with Crippen molar-refractivity contribution < 1.29 is 4.42 Å². The van der Waals surface area contributed by atoms with E-state index in [4.69, 9.17) is 4.42 Å². The van der Waals surface area contributed by atoms with Crippen molar-refractivity contribution in [2.75, 3.05) is 9.80 Å². The lowest BCUT2D eigenvalue weighted by atomic mass is 9.35. The molecule has 0 saturated carbocycles. The molecule has 0 N–H and O–H groups in total. The van der Waals surface area contributed by atoms with Crippen molar-refractivity contribution in [1.29, 1.82) is 0 Å². The molecule has 84 heavy (non-hydrogen) atoms. The first-order chi connectivity index (χ1) is 39.6. The second kappa shape index (κ2) is 16.4. The van der Waals surface area contributed by atoms with Crippen LogP contribution < -0.4 is 25.5 Å². The lowest BCUT2D eigenvalue weighted by molar-refractivity contribution is 0.332. The Hall–Kier alpha value is -6.82. The fourth-order valence-corrected chi connectivity index (χ4v) is 19.5. The minimum Gasteiger partial charge on any atom is -0.454 e. The SMILES string of the molecule is Cc1cc2c3c(c1)N(c1cccc4c1oc1ccccc14)c1cc4c(cc1B3c1sc3c5c(ccc3c1N2c1ccc2c(c1)C(C)(C)CCC2(C)C)C(C)(C)CCC5(C)C)C(C)(C)c1cc2c(cc1C4(C)C)C(C)(C)c1ccccc1C2(C)C. The van der Waals surface area contributed by atoms with Crippen LogP contribution in [0.2, 0.25) is 0 Å². The van der Waals surface area contributed by atoms with E-state index in [-0.39, 0.29) is 50.0 Å². The molecule has 0 fully saturated rings. The number of nitrogens with zero attached hydrogens (tertiary/aromatic N) is 2. The number of aryl methyl sites for hydroxylation is 1. The summed E-state index contributed by atoms with van der Waals surface area (Å²) in [6, 6.07) is 53.2. The lowest BCUT2D eigenvalue weighted by Gasteiger charge is -2.50. The molecule has 10 aromatic rings. The molecule has 16 rings (SSSR count). The molecule has 0 saturated heterocycles. The van der Waals surface area contributed by atoms with Gasteiger partial charge in [-0.15, -0.1) is 11.3 Å². The highest BCUT2D eigenvalue weighted by molar-refractivity contribution is 7.34. The van der Waals surface area contributed by atoms with Crippen molar-refractivity contribution in [2.24, 2.45) is 0 Å². The van der Waals surface area contributed by atoms with Crippen LogP contribution >= 0.6 is 11.3 Å². The Labute approximate surface area is 503 Å². The van der Waals surface area contributed by atoms with Crippen molar-refractivity contribution in [2.45, 2.75) is 187 Å². The monoisotopic (exact) mass is 1120 g/mol. The number of anilines is 6. The van der Waals surface area contributed by atoms with Gasteiger partial charge in [0, 0.05) is 70.0 Å². The van der Waals surface area contributed by atoms with E-state index in [1.807, 2.05) is 0 Å². The molecule has 4 aliphatic carbocycles. The Morgan fingerprint density at radius 3 is 1.58 bits per heavy atom. The number of rotatable bonds is 2. The molecule has 8 aromatic carbocycles. The standard InChI is InChI=1S/C79H81BN2OS/c1-44-37-63-67-64(38-44)82(61-27-22-24-47-46-23-18-21-28-65(46)83-69(47)61)62-43-59-58(78(14,15)56-40-54-55(41-57(56)79(59,16)17)77(12,13)51-26-20-19-25-50(51)76(54,10)11)42-60(62)80(67)71-68(48-30-32-52-66(70(48)84-71)75(8,9)36-35-73(52,4)5)81(63)45-29-31-49-53(39-45)74(6,7)34-33-72(49,2)3/h18-32,37-43H,33-36H2,1-17H3. The first kappa shape index (κ1) is 52.7. The Morgan fingerprint density at radius 1 is 0.405 bits per heavy atom. The molecular weight excluding hydrogens is 1040 g/mol. The Morgan fingerprint density at radius 2 is 0.929 bits per heavy atom. The summed E-state index contributed by atoms with van der Waals surface area (Å²) < 4.78 is 10.1. The molecule has 0 atom stereocenters. The average molecular weight is 1120 g/mol. The number of hydrogen-bond acceptors (Lipinski definition) is 4. The summed E-state index contributed by atoms with van der Waals surface area (Å²) in [5.74, 6) is 0. The quantitative estimate of drug-likeness (QED) is 0.161. The zero-order valence-electron chi connectivity index (χ0n) is 52.8. The zero-order valence-corrected chi connectivity index (χ0v) is 53.6. The molecule has 3 nitrogen and oxygen atoms in total. The van der Waals surface area contributed by atoms with Gasteiger partial charge in [0.15, 0.2) is 5.58 Å². The first-order valence-corrected chi connectivity index (χ1v) is 32.3. The van der Waals surface area contributed by atoms with Crippen molar-refractivity contribution in [3.63, 3.8) is 0 Å². The molecule has 2 aromatic heterocycles. The number of hydrogen-bond donors (Lipinski definition) is 0. The van der Waals surface area contributed by atoms with Crippen molar-refractivity contribution >= 4 is 99.9 Å². The summed E-state index contributed by atoms with van der Waals surface area (Å²) in [7, 11) is 0. The fourth-order valence-electron chi connectivity index (χ4n) is 17.9. The third-order valence-corrected chi connectivity index (χ3v) is 24.4. The molecule has 6 aliphatic rings. The van der Waals surface area contributed by atoms with Crippen LogP contribution in [0.5, 0.6) is 0 Å². The molecule has 0 radical (unpaired) electrons. The van der Waals surface area contributed by atoms with Gasteiger partial charge in [-0.05, 0) is 180 Å². The number of fused-ring (bicyclic) bond motifs is 16. The van der Waals surface area contributed by atoms with Crippen LogP contribution in [0.25, 0.3) is 32.0 Å². The Balaban J connectivity index is 1.03. The maximum absolute atomic E-state index is 7.16. The van der Waals surface area contributed by atoms with E-state index in [0.29, 0.717) is 0 Å². The van der Waals surface area contributed by atoms with Gasteiger partial charge in [0.2, 0.25) is 0 Å². The normalized spacial score (nSPS) is 20.5. The highest BCUT2D eigenvalue weighted by Gasteiger charge is 2.52. The fraction of sp³-hybridized carbons (Fsp3) is 0.367. The van der Waals surface area contributed by atoms with E-state index < -0.39 is 0 Å². The van der Waals surface area contributed by atoms with Crippen molar-refractivity contribution in [3.8, 4) is 0 Å². The molecule has 4 heterocycles. The number of thiophene rings is 1. The van der Waals surface area contributed by atoms with E-state index in [1.54, 1.807) is 5.56 Å². The van der Waals surface area contributed by atoms with Gasteiger partial charge < -0.3 is 14.2 Å². The van der Waals surface area contributed by atoms with Gasteiger partial charge in [0.05, 0.1) is 11.4 Å². The zero-order chi connectivity index (χ0) is 58.7. The van der Waals surface area contributed by atoms with Gasteiger partial charge in [-0.3, -0.25) is 0 Å². The Bertz CT molecular complexity index is 4600. The van der Waals surface area contributed by atoms with E-state index in [1.165, 1.54) is 134 Å². The third-order valence-electron chi connectivity index (χ3n) is 23.1. The predicted molar refractivity (Wildman–Crippen MR) is 360 cm³/mol. The Kier molecular flexibility index (Phi) is 10.3. The minimum absolute atomic E-state index is 0.0122. The van der Waals surface area contributed by atoms with E-state index in [0.717, 1.165) is 40.5 Å². The van der Waals surface area contributed by atoms with Gasteiger partial charge >= 0.3 is 0 Å². The summed E-state index contributed by atoms with van der Waals surface area (Å²) in [6.07, 6.45) is 4.69. The third kappa shape index (κ3) is 6.66. The summed E-state index contributed by atoms with van der Waals surface area (Å²) in [6.45, 7) is 42.2. The molecular formula is C79H81BN2OS. The highest BCUT2D eigenvalue weighted by Crippen LogP contribution is 2.60.